The monoisotopic (exact) mass is 274 g/mol. The second-order valence-corrected chi connectivity index (χ2v) is 6.53. The molecule has 11 heavy (non-hydrogen) atoms. The van der Waals surface area contributed by atoms with Gasteiger partial charge in [0.15, 0.2) is 0 Å². The van der Waals surface area contributed by atoms with Crippen molar-refractivity contribution in [2.24, 2.45) is 0 Å². The zero-order chi connectivity index (χ0) is 7.52. The predicted octanol–water partition coefficient (Wildman–Crippen LogP) is 3.46. The Kier molecular flexibility index (Phi) is 2.43. The summed E-state index contributed by atoms with van der Waals surface area (Å²) in [7, 11) is 2.01. The van der Waals surface area contributed by atoms with Gasteiger partial charge in [-0.3, -0.25) is 0 Å². The minimum atomic E-state index is 0.275. The fraction of sp³-hybridized carbons (Fsp3) is 0. The standard InChI is InChI=1S/C9H7IS/c1-2-4-8(5-3-1)9-6-7-10-11-9/h1-7H. The van der Waals surface area contributed by atoms with E-state index in [9.17, 15) is 0 Å². The van der Waals surface area contributed by atoms with Crippen LogP contribution in [-0.2, 0) is 0 Å². The summed E-state index contributed by atoms with van der Waals surface area (Å²) in [4.78, 5) is 1.44. The number of hydrogen-bond donors (Lipinski definition) is 0. The average molecular weight is 274 g/mol. The number of halogens is 1. The summed E-state index contributed by atoms with van der Waals surface area (Å²) in [5.74, 6) is 0. The fourth-order valence-electron chi connectivity index (χ4n) is 0.926. The summed E-state index contributed by atoms with van der Waals surface area (Å²) in [5, 5.41) is 0. The molecule has 1 aliphatic heterocycles. The van der Waals surface area contributed by atoms with Crippen molar-refractivity contribution in [3.63, 3.8) is 0 Å². The summed E-state index contributed by atoms with van der Waals surface area (Å²) < 4.78 is 2.31. The topological polar surface area (TPSA) is 0 Å². The molecule has 2 heteroatoms. The lowest BCUT2D eigenvalue weighted by Gasteiger charge is -1.97. The van der Waals surface area contributed by atoms with Crippen LogP contribution in [0.25, 0.3) is 4.91 Å². The average Bonchev–Trinajstić information content (AvgIpc) is 2.58. The van der Waals surface area contributed by atoms with Gasteiger partial charge in [0.1, 0.15) is 0 Å². The normalized spacial score (nSPS) is 15.8. The molecule has 1 heterocycles. The van der Waals surface area contributed by atoms with Gasteiger partial charge in [0.05, 0.1) is 0 Å². The minimum absolute atomic E-state index is 0.275. The number of rotatable bonds is 1. The molecule has 0 unspecified atom stereocenters. The van der Waals surface area contributed by atoms with Gasteiger partial charge >= 0.3 is 0 Å². The molecule has 0 aromatic heterocycles. The van der Waals surface area contributed by atoms with Crippen LogP contribution in [0.5, 0.6) is 0 Å². The third-order valence-electron chi connectivity index (χ3n) is 1.45. The first-order valence-corrected chi connectivity index (χ1v) is 7.96. The van der Waals surface area contributed by atoms with Crippen LogP contribution in [0, 0.1) is 0 Å². The highest BCUT2D eigenvalue weighted by atomic mass is 127. The van der Waals surface area contributed by atoms with Crippen LogP contribution in [0.15, 0.2) is 36.4 Å². The van der Waals surface area contributed by atoms with Gasteiger partial charge in [-0.15, -0.1) is 0 Å². The smallest absolute Gasteiger partial charge is 0.0251 e. The Bertz CT molecular complexity index is 301. The predicted molar refractivity (Wildman–Crippen MR) is 62.1 cm³/mol. The number of hydrogen-bond acceptors (Lipinski definition) is 1. The molecule has 0 atom stereocenters. The molecule has 1 aromatic rings. The van der Waals surface area contributed by atoms with Crippen LogP contribution >= 0.6 is 28.3 Å². The summed E-state index contributed by atoms with van der Waals surface area (Å²) in [6.07, 6.45) is 2.24. The maximum absolute atomic E-state index is 2.31. The Labute approximate surface area is 78.9 Å². The van der Waals surface area contributed by atoms with Crippen LogP contribution in [0.4, 0.5) is 0 Å². The van der Waals surface area contributed by atoms with Gasteiger partial charge < -0.3 is 0 Å². The first-order valence-electron chi connectivity index (χ1n) is 3.36. The van der Waals surface area contributed by atoms with E-state index in [1.165, 1.54) is 10.5 Å². The zero-order valence-electron chi connectivity index (χ0n) is 5.83. The van der Waals surface area contributed by atoms with Crippen molar-refractivity contribution in [1.29, 1.82) is 0 Å². The number of allylic oxidation sites excluding steroid dienone is 1. The molecule has 0 saturated carbocycles. The summed E-state index contributed by atoms with van der Waals surface area (Å²) in [6, 6.07) is 10.6. The third-order valence-corrected chi connectivity index (χ3v) is 5.61. The lowest BCUT2D eigenvalue weighted by Crippen LogP contribution is -1.73. The van der Waals surface area contributed by atoms with Gasteiger partial charge in [-0.2, -0.15) is 0 Å². The lowest BCUT2D eigenvalue weighted by molar-refractivity contribution is 1.66. The molecular weight excluding hydrogens is 267 g/mol. The highest BCUT2D eigenvalue weighted by Crippen LogP contribution is 2.40. The van der Waals surface area contributed by atoms with Gasteiger partial charge in [0.25, 0.3) is 0 Å². The third kappa shape index (κ3) is 1.73. The second-order valence-electron chi connectivity index (χ2n) is 2.19. The Hall–Kier alpha value is -0.0900. The highest BCUT2D eigenvalue weighted by molar-refractivity contribution is 14.2. The fourth-order valence-corrected chi connectivity index (χ4v) is 4.98. The van der Waals surface area contributed by atoms with Crippen molar-refractivity contribution in [1.82, 2.24) is 0 Å². The molecule has 0 bridgehead atoms. The molecule has 0 nitrogen and oxygen atoms in total. The Balaban J connectivity index is 2.31. The maximum atomic E-state index is 2.31. The maximum Gasteiger partial charge on any atom is 0.0251 e. The molecule has 0 aliphatic carbocycles. The van der Waals surface area contributed by atoms with Crippen LogP contribution in [0.2, 0.25) is 0 Å². The van der Waals surface area contributed by atoms with Crippen molar-refractivity contribution in [2.75, 3.05) is 0 Å². The molecule has 0 N–H and O–H groups in total. The molecule has 0 amide bonds. The van der Waals surface area contributed by atoms with E-state index in [0.717, 1.165) is 0 Å². The molecule has 0 saturated heterocycles. The van der Waals surface area contributed by atoms with Crippen molar-refractivity contribution in [2.45, 2.75) is 0 Å². The summed E-state index contributed by atoms with van der Waals surface area (Å²) in [5.41, 5.74) is 1.37. The first-order chi connectivity index (χ1) is 5.47. The van der Waals surface area contributed by atoms with Crippen molar-refractivity contribution in [3.05, 3.63) is 42.0 Å². The minimum Gasteiger partial charge on any atom is -0.0622 e. The largest absolute Gasteiger partial charge is 0.0622 e. The molecular formula is C9H7IS. The van der Waals surface area contributed by atoms with E-state index >= 15 is 0 Å². The molecule has 0 spiro atoms. The van der Waals surface area contributed by atoms with Crippen LogP contribution in [0.1, 0.15) is 5.56 Å². The van der Waals surface area contributed by atoms with Crippen molar-refractivity contribution < 1.29 is 0 Å². The highest BCUT2D eigenvalue weighted by Gasteiger charge is 2.01. The van der Waals surface area contributed by atoms with E-state index in [4.69, 9.17) is 0 Å². The SMILES string of the molecule is C1=ISC(c2ccccc2)=C1. The van der Waals surface area contributed by atoms with Crippen molar-refractivity contribution >= 4 is 37.2 Å². The molecule has 0 fully saturated rings. The zero-order valence-corrected chi connectivity index (χ0v) is 8.80. The molecule has 1 aliphatic rings. The van der Waals surface area contributed by atoms with Gasteiger partial charge in [-0.05, 0) is 35.0 Å². The molecule has 1 aromatic carbocycles. The van der Waals surface area contributed by atoms with E-state index in [1.807, 2.05) is 8.93 Å². The second kappa shape index (κ2) is 3.54. The van der Waals surface area contributed by atoms with Gasteiger partial charge in [-0.1, -0.05) is 39.3 Å². The van der Waals surface area contributed by atoms with E-state index in [2.05, 4.69) is 40.4 Å². The van der Waals surface area contributed by atoms with Crippen LogP contribution in [0.3, 0.4) is 0 Å². The Morgan fingerprint density at radius 2 is 1.91 bits per heavy atom. The Morgan fingerprint density at radius 1 is 1.09 bits per heavy atom. The molecule has 2 rings (SSSR count). The lowest BCUT2D eigenvalue weighted by atomic mass is 10.2. The van der Waals surface area contributed by atoms with E-state index in [0.29, 0.717) is 0 Å². The van der Waals surface area contributed by atoms with Crippen LogP contribution < -0.4 is 0 Å². The van der Waals surface area contributed by atoms with E-state index in [1.54, 1.807) is 0 Å². The number of benzene rings is 1. The van der Waals surface area contributed by atoms with E-state index in [-0.39, 0.29) is 19.3 Å². The quantitative estimate of drug-likeness (QED) is 0.707. The molecule has 56 valence electrons. The van der Waals surface area contributed by atoms with E-state index < -0.39 is 0 Å². The first kappa shape index (κ1) is 7.55. The van der Waals surface area contributed by atoms with Crippen molar-refractivity contribution in [3.8, 4) is 0 Å². The van der Waals surface area contributed by atoms with Gasteiger partial charge in [0, 0.05) is 4.91 Å². The van der Waals surface area contributed by atoms with Crippen LogP contribution in [-0.4, -0.2) is 4.01 Å². The molecule has 0 radical (unpaired) electrons. The summed E-state index contributed by atoms with van der Waals surface area (Å²) in [6.45, 7) is 0. The Morgan fingerprint density at radius 3 is 2.55 bits per heavy atom. The summed E-state index contributed by atoms with van der Waals surface area (Å²) >= 11 is 0.275. The van der Waals surface area contributed by atoms with Gasteiger partial charge in [-0.25, -0.2) is 0 Å². The van der Waals surface area contributed by atoms with Gasteiger partial charge in [0.2, 0.25) is 0 Å².